The Labute approximate surface area is 93.7 Å². The molecule has 0 radical (unpaired) electrons. The number of hydrogen-bond donors (Lipinski definition) is 1. The zero-order valence-electron chi connectivity index (χ0n) is 9.98. The first-order valence-corrected chi connectivity index (χ1v) is 4.59. The van der Waals surface area contributed by atoms with Gasteiger partial charge in [0.05, 0.1) is 0 Å². The Morgan fingerprint density at radius 3 is 0.857 bits per heavy atom. The van der Waals surface area contributed by atoms with Gasteiger partial charge in [0, 0.05) is 21.3 Å². The summed E-state index contributed by atoms with van der Waals surface area (Å²) in [6.45, 7) is 8.61. The molecule has 2 nitrogen and oxygen atoms in total. The van der Waals surface area contributed by atoms with E-state index in [0.29, 0.717) is 0 Å². The molecule has 0 saturated heterocycles. The third kappa shape index (κ3) is 1680. The Morgan fingerprint density at radius 2 is 0.857 bits per heavy atom. The van der Waals surface area contributed by atoms with E-state index >= 15 is 0 Å². The van der Waals surface area contributed by atoms with Crippen LogP contribution in [-0.4, -0.2) is 26.4 Å². The minimum absolute atomic E-state index is 0. The van der Waals surface area contributed by atoms with Crippen molar-refractivity contribution >= 4 is 0 Å². The van der Waals surface area contributed by atoms with Crippen molar-refractivity contribution in [2.75, 3.05) is 21.3 Å². The number of hydrogen-bond acceptors (Lipinski definition) is 2. The fraction of sp³-hybridized carbons (Fsp3) is 1.00. The van der Waals surface area contributed by atoms with Crippen LogP contribution in [0.25, 0.3) is 0 Å². The molecule has 0 atom stereocenters. The van der Waals surface area contributed by atoms with Crippen LogP contribution in [0.4, 0.5) is 0 Å². The van der Waals surface area contributed by atoms with E-state index in [1.807, 2.05) is 0 Å². The Morgan fingerprint density at radius 1 is 0.786 bits per heavy atom. The van der Waals surface area contributed by atoms with Crippen LogP contribution in [0.5, 0.6) is 0 Å². The quantitative estimate of drug-likeness (QED) is 0.699. The average Bonchev–Trinajstić information content (AvgIpc) is 2.10. The first-order chi connectivity index (χ1) is 5.74. The van der Waals surface area contributed by atoms with Crippen LogP contribution in [-0.2, 0) is 4.74 Å². The number of rotatable bonds is 1. The van der Waals surface area contributed by atoms with E-state index in [1.165, 1.54) is 19.3 Å². The van der Waals surface area contributed by atoms with Gasteiger partial charge in [0.1, 0.15) is 0 Å². The first-order valence-electron chi connectivity index (χ1n) is 4.59. The van der Waals surface area contributed by atoms with Crippen molar-refractivity contribution in [2.45, 2.75) is 61.8 Å². The molecule has 0 rings (SSSR count). The van der Waals surface area contributed by atoms with Gasteiger partial charge < -0.3 is 9.84 Å². The smallest absolute Gasteiger partial charge is 0.0351 e. The molecule has 0 aromatic rings. The molecule has 0 aliphatic rings. The molecule has 0 bridgehead atoms. The zero-order chi connectivity index (χ0) is 10.8. The maximum Gasteiger partial charge on any atom is 0.0351 e. The van der Waals surface area contributed by atoms with Crippen molar-refractivity contribution in [1.29, 1.82) is 0 Å². The summed E-state index contributed by atoms with van der Waals surface area (Å²) in [6.07, 6.45) is 3.89. The van der Waals surface area contributed by atoms with Gasteiger partial charge in [0.25, 0.3) is 0 Å². The summed E-state index contributed by atoms with van der Waals surface area (Å²) in [5.74, 6) is 0. The predicted octanol–water partition coefficient (Wildman–Crippen LogP) is 4.37. The highest BCUT2D eigenvalue weighted by Gasteiger charge is 1.56. The van der Waals surface area contributed by atoms with E-state index < -0.39 is 0 Å². The molecule has 0 unspecified atom stereocenters. The monoisotopic (exact) mass is 212 g/mol. The lowest BCUT2D eigenvalue weighted by molar-refractivity contribution is 0.277. The molecule has 0 aliphatic carbocycles. The molecule has 0 aliphatic heterocycles. The normalized spacial score (nSPS) is 5.14. The van der Waals surface area contributed by atoms with Crippen molar-refractivity contribution in [3.05, 3.63) is 0 Å². The van der Waals surface area contributed by atoms with Crippen LogP contribution >= 0.6 is 0 Å². The first kappa shape index (κ1) is 37.0. The van der Waals surface area contributed by atoms with E-state index in [-0.39, 0.29) is 14.9 Å². The number of ether oxygens (including phenoxy) is 1. The number of methoxy groups -OCH3 is 1. The molecule has 0 amide bonds. The summed E-state index contributed by atoms with van der Waals surface area (Å²) in [6, 6.07) is 0. The number of aliphatic hydroxyl groups is 1. The fourth-order valence-electron chi connectivity index (χ4n) is 0. The summed E-state index contributed by atoms with van der Waals surface area (Å²) in [4.78, 5) is 0. The van der Waals surface area contributed by atoms with Crippen LogP contribution in [0.3, 0.4) is 0 Å². The predicted molar refractivity (Wildman–Crippen MR) is 71.1 cm³/mol. The minimum atomic E-state index is 0. The summed E-state index contributed by atoms with van der Waals surface area (Å²) < 4.78 is 4.25. The van der Waals surface area contributed by atoms with Gasteiger partial charge in [0.15, 0.2) is 0 Å². The average molecular weight is 212 g/mol. The molecule has 2 heteroatoms. The van der Waals surface area contributed by atoms with Gasteiger partial charge in [0.2, 0.25) is 0 Å². The van der Waals surface area contributed by atoms with E-state index in [2.05, 4.69) is 32.4 Å². The molecular weight excluding hydrogens is 176 g/mol. The van der Waals surface area contributed by atoms with Crippen LogP contribution in [0.2, 0.25) is 0 Å². The van der Waals surface area contributed by atoms with E-state index in [0.717, 1.165) is 7.11 Å². The molecule has 96 valence electrons. The number of aliphatic hydroxyl groups excluding tert-OH is 1. The second-order valence-corrected chi connectivity index (χ2v) is 2.12. The van der Waals surface area contributed by atoms with E-state index in [1.54, 1.807) is 14.2 Å². The largest absolute Gasteiger partial charge is 0.400 e. The van der Waals surface area contributed by atoms with Crippen molar-refractivity contribution < 1.29 is 9.84 Å². The molecule has 0 aromatic heterocycles. The molecule has 0 heterocycles. The Balaban J connectivity index is -0.0000000149. The molecular formula is C12H36O2. The van der Waals surface area contributed by atoms with Crippen LogP contribution in [0.15, 0.2) is 0 Å². The second-order valence-electron chi connectivity index (χ2n) is 2.12. The van der Waals surface area contributed by atoms with Gasteiger partial charge in [-0.2, -0.15) is 0 Å². The summed E-state index contributed by atoms with van der Waals surface area (Å²) >= 11 is 0. The topological polar surface area (TPSA) is 29.5 Å². The van der Waals surface area contributed by atoms with Gasteiger partial charge in [-0.25, -0.2) is 0 Å². The lowest BCUT2D eigenvalue weighted by atomic mass is 10.4. The minimum Gasteiger partial charge on any atom is -0.400 e. The van der Waals surface area contributed by atoms with Gasteiger partial charge in [-0.05, 0) is 0 Å². The van der Waals surface area contributed by atoms with Gasteiger partial charge >= 0.3 is 0 Å². The molecule has 14 heavy (non-hydrogen) atoms. The van der Waals surface area contributed by atoms with Crippen molar-refractivity contribution in [2.24, 2.45) is 0 Å². The highest BCUT2D eigenvalue weighted by molar-refractivity contribution is 4.12. The molecule has 1 N–H and O–H groups in total. The van der Waals surface area contributed by atoms with Gasteiger partial charge in [-0.3, -0.25) is 0 Å². The Bertz CT molecular complexity index is 20.3. The van der Waals surface area contributed by atoms with E-state index in [4.69, 9.17) is 5.11 Å². The molecule has 0 saturated carbocycles. The highest BCUT2D eigenvalue weighted by atomic mass is 16.4. The van der Waals surface area contributed by atoms with Gasteiger partial charge in [-0.15, -0.1) is 0 Å². The third-order valence-corrected chi connectivity index (χ3v) is 0.500. The Hall–Kier alpha value is -0.0800. The van der Waals surface area contributed by atoms with E-state index in [9.17, 15) is 0 Å². The second kappa shape index (κ2) is 119. The van der Waals surface area contributed by atoms with Crippen molar-refractivity contribution in [3.8, 4) is 0 Å². The maximum absolute atomic E-state index is 7.00. The van der Waals surface area contributed by atoms with Crippen LogP contribution in [0, 0.1) is 0 Å². The van der Waals surface area contributed by atoms with Crippen molar-refractivity contribution in [3.63, 3.8) is 0 Å². The highest BCUT2D eigenvalue weighted by Crippen LogP contribution is 1.76. The van der Waals surface area contributed by atoms with Crippen LogP contribution in [0.1, 0.15) is 61.8 Å². The molecule has 0 spiro atoms. The summed E-state index contributed by atoms with van der Waals surface area (Å²) in [5.41, 5.74) is 0. The SMILES string of the molecule is C.C.CCC.CCCC.CO.COC. The number of unbranched alkanes of at least 4 members (excludes halogenated alkanes) is 1. The fourth-order valence-corrected chi connectivity index (χ4v) is 0. The van der Waals surface area contributed by atoms with Crippen LogP contribution < -0.4 is 0 Å². The van der Waals surface area contributed by atoms with Crippen molar-refractivity contribution in [1.82, 2.24) is 0 Å². The summed E-state index contributed by atoms with van der Waals surface area (Å²) in [7, 11) is 4.25. The maximum atomic E-state index is 7.00. The van der Waals surface area contributed by atoms with Gasteiger partial charge in [-0.1, -0.05) is 61.8 Å². The lowest BCUT2D eigenvalue weighted by Gasteiger charge is -1.68. The lowest BCUT2D eigenvalue weighted by Crippen LogP contribution is -1.55. The standard InChI is InChI=1S/C4H10.C3H8.C2H6O.CH4O.2CH4/c1-3-4-2;2*1-3-2;1-2;;/h3-4H2,1-2H3;3H2,1-2H3;1-2H3;2H,1H3;2*1H4. The zero-order valence-corrected chi connectivity index (χ0v) is 9.98. The third-order valence-electron chi connectivity index (χ3n) is 0.500. The molecule has 0 aromatic carbocycles. The molecule has 0 fully saturated rings. The Kier molecular flexibility index (Phi) is 316. The summed E-state index contributed by atoms with van der Waals surface area (Å²) in [5, 5.41) is 7.00.